The molecule has 0 saturated carbocycles. The van der Waals surface area contributed by atoms with Crippen LogP contribution in [-0.4, -0.2) is 17.7 Å². The van der Waals surface area contributed by atoms with Crippen LogP contribution in [0.5, 0.6) is 0 Å². The summed E-state index contributed by atoms with van der Waals surface area (Å²) >= 11 is 0. The van der Waals surface area contributed by atoms with Gasteiger partial charge in [0.1, 0.15) is 5.82 Å². The van der Waals surface area contributed by atoms with Crippen molar-refractivity contribution < 1.29 is 14.0 Å². The molecule has 0 radical (unpaired) electrons. The molecule has 1 aliphatic carbocycles. The first kappa shape index (κ1) is 14.6. The van der Waals surface area contributed by atoms with E-state index in [1.165, 1.54) is 13.0 Å². The maximum Gasteiger partial charge on any atom is 0.221 e. The van der Waals surface area contributed by atoms with Gasteiger partial charge in [-0.05, 0) is 30.5 Å². The number of Topliss-reactive ketones (excluding diaryl/α,β-unsaturated/α-hetero) is 1. The number of halogens is 2. The summed E-state index contributed by atoms with van der Waals surface area (Å²) in [4.78, 5) is 22.9. The van der Waals surface area contributed by atoms with Gasteiger partial charge in [-0.15, -0.1) is 12.4 Å². The second-order valence-electron chi connectivity index (χ2n) is 4.24. The highest BCUT2D eigenvalue weighted by atomic mass is 35.5. The summed E-state index contributed by atoms with van der Waals surface area (Å²) in [7, 11) is 0. The van der Waals surface area contributed by atoms with E-state index in [4.69, 9.17) is 5.73 Å². The molecule has 0 aliphatic heterocycles. The lowest BCUT2D eigenvalue weighted by atomic mass is 10.0. The van der Waals surface area contributed by atoms with E-state index in [9.17, 15) is 14.0 Å². The fourth-order valence-corrected chi connectivity index (χ4v) is 2.12. The molecule has 1 aromatic rings. The van der Waals surface area contributed by atoms with E-state index in [-0.39, 0.29) is 29.8 Å². The van der Waals surface area contributed by atoms with Crippen LogP contribution >= 0.6 is 12.4 Å². The number of hydrogen-bond acceptors (Lipinski definition) is 3. The summed E-state index contributed by atoms with van der Waals surface area (Å²) in [6.45, 7) is 2.92. The van der Waals surface area contributed by atoms with Gasteiger partial charge in [-0.25, -0.2) is 4.39 Å². The highest BCUT2D eigenvalue weighted by molar-refractivity contribution is 6.11. The van der Waals surface area contributed by atoms with E-state index in [0.29, 0.717) is 23.1 Å². The molecule has 4 nitrogen and oxygen atoms in total. The van der Waals surface area contributed by atoms with Gasteiger partial charge in [-0.3, -0.25) is 9.59 Å². The van der Waals surface area contributed by atoms with E-state index in [1.54, 1.807) is 6.92 Å². The molecule has 1 unspecified atom stereocenters. The zero-order chi connectivity index (χ0) is 12.7. The van der Waals surface area contributed by atoms with Crippen LogP contribution in [0.3, 0.4) is 0 Å². The number of ketones is 1. The molecule has 0 bridgehead atoms. The lowest BCUT2D eigenvalue weighted by Gasteiger charge is -2.11. The molecule has 1 atom stereocenters. The minimum absolute atomic E-state index is 0. The van der Waals surface area contributed by atoms with Crippen LogP contribution in [0.1, 0.15) is 28.4 Å². The van der Waals surface area contributed by atoms with E-state index in [0.717, 1.165) is 0 Å². The molecule has 1 aromatic carbocycles. The number of amides is 1. The number of nitrogens with one attached hydrogen (secondary N) is 1. The van der Waals surface area contributed by atoms with Crippen LogP contribution in [-0.2, 0) is 11.2 Å². The first-order chi connectivity index (χ1) is 7.91. The Bertz CT molecular complexity index is 531. The highest BCUT2D eigenvalue weighted by Crippen LogP contribution is 2.32. The van der Waals surface area contributed by atoms with Crippen molar-refractivity contribution in [3.05, 3.63) is 28.6 Å². The van der Waals surface area contributed by atoms with Gasteiger partial charge in [-0.2, -0.15) is 0 Å². The normalized spacial score (nSPS) is 17.1. The average molecular weight is 273 g/mol. The summed E-state index contributed by atoms with van der Waals surface area (Å²) in [5, 5.41) is 2.47. The summed E-state index contributed by atoms with van der Waals surface area (Å²) in [5.74, 6) is -1.02. The Labute approximate surface area is 110 Å². The lowest BCUT2D eigenvalue weighted by Crippen LogP contribution is -2.26. The number of carbonyl (C=O) groups is 2. The van der Waals surface area contributed by atoms with Crippen LogP contribution in [0.25, 0.3) is 0 Å². The largest absolute Gasteiger partial charge is 0.326 e. The minimum atomic E-state index is -0.641. The van der Waals surface area contributed by atoms with Crippen LogP contribution in [0, 0.1) is 12.7 Å². The standard InChI is InChI=1S/C12H13FN2O2.ClH/c1-5-7-3-9(14)12(17)11(7)10(4-8(5)13)15-6(2)16;/h4,9H,3,14H2,1-2H3,(H,15,16);1H. The fraction of sp³-hybridized carbons (Fsp3) is 0.333. The van der Waals surface area contributed by atoms with Crippen molar-refractivity contribution in [2.45, 2.75) is 26.3 Å². The maximum absolute atomic E-state index is 13.6. The van der Waals surface area contributed by atoms with Crippen LogP contribution in [0.15, 0.2) is 6.07 Å². The molecule has 98 valence electrons. The van der Waals surface area contributed by atoms with E-state index in [2.05, 4.69) is 5.32 Å². The number of fused-ring (bicyclic) bond motifs is 1. The Hall–Kier alpha value is -1.46. The van der Waals surface area contributed by atoms with Crippen molar-refractivity contribution in [3.63, 3.8) is 0 Å². The van der Waals surface area contributed by atoms with Crippen molar-refractivity contribution >= 4 is 29.8 Å². The highest BCUT2D eigenvalue weighted by Gasteiger charge is 2.32. The molecule has 0 spiro atoms. The summed E-state index contributed by atoms with van der Waals surface area (Å²) < 4.78 is 13.6. The summed E-state index contributed by atoms with van der Waals surface area (Å²) in [6.07, 6.45) is 0.324. The molecule has 6 heteroatoms. The van der Waals surface area contributed by atoms with Gasteiger partial charge >= 0.3 is 0 Å². The molecule has 0 fully saturated rings. The van der Waals surface area contributed by atoms with Gasteiger partial charge in [0.2, 0.25) is 5.91 Å². The summed E-state index contributed by atoms with van der Waals surface area (Å²) in [6, 6.07) is 0.531. The minimum Gasteiger partial charge on any atom is -0.326 e. The maximum atomic E-state index is 13.6. The van der Waals surface area contributed by atoms with E-state index >= 15 is 0 Å². The Morgan fingerprint density at radius 3 is 2.72 bits per heavy atom. The number of nitrogens with two attached hydrogens (primary N) is 1. The van der Waals surface area contributed by atoms with Crippen LogP contribution in [0.2, 0.25) is 0 Å². The van der Waals surface area contributed by atoms with Crippen LogP contribution in [0.4, 0.5) is 10.1 Å². The lowest BCUT2D eigenvalue weighted by molar-refractivity contribution is -0.114. The van der Waals surface area contributed by atoms with Crippen molar-refractivity contribution in [2.75, 3.05) is 5.32 Å². The van der Waals surface area contributed by atoms with Gasteiger partial charge < -0.3 is 11.1 Å². The van der Waals surface area contributed by atoms with Crippen molar-refractivity contribution in [3.8, 4) is 0 Å². The molecule has 18 heavy (non-hydrogen) atoms. The fourth-order valence-electron chi connectivity index (χ4n) is 2.12. The van der Waals surface area contributed by atoms with Crippen molar-refractivity contribution in [1.82, 2.24) is 0 Å². The first-order valence-electron chi connectivity index (χ1n) is 5.31. The molecular formula is C12H14ClFN2O2. The smallest absolute Gasteiger partial charge is 0.221 e. The van der Waals surface area contributed by atoms with Gasteiger partial charge in [0.15, 0.2) is 5.78 Å². The quantitative estimate of drug-likeness (QED) is 0.815. The average Bonchev–Trinajstić information content (AvgIpc) is 2.52. The number of carbonyl (C=O) groups excluding carboxylic acids is 2. The first-order valence-corrected chi connectivity index (χ1v) is 5.31. The molecule has 0 heterocycles. The number of rotatable bonds is 1. The van der Waals surface area contributed by atoms with Gasteiger partial charge in [0, 0.05) is 12.5 Å². The number of hydrogen-bond donors (Lipinski definition) is 2. The Balaban J connectivity index is 0.00000162. The van der Waals surface area contributed by atoms with Gasteiger partial charge in [0.25, 0.3) is 0 Å². The zero-order valence-corrected chi connectivity index (χ0v) is 10.9. The van der Waals surface area contributed by atoms with Gasteiger partial charge in [-0.1, -0.05) is 0 Å². The monoisotopic (exact) mass is 272 g/mol. The summed E-state index contributed by atoms with van der Waals surface area (Å²) in [5.41, 5.74) is 7.26. The number of benzene rings is 1. The van der Waals surface area contributed by atoms with E-state index in [1.807, 2.05) is 0 Å². The Kier molecular flexibility index (Phi) is 4.09. The van der Waals surface area contributed by atoms with Crippen molar-refractivity contribution in [1.29, 1.82) is 0 Å². The number of anilines is 1. The molecule has 0 saturated heterocycles. The van der Waals surface area contributed by atoms with Crippen molar-refractivity contribution in [2.24, 2.45) is 5.73 Å². The second-order valence-corrected chi connectivity index (χ2v) is 4.24. The van der Waals surface area contributed by atoms with E-state index < -0.39 is 11.9 Å². The molecule has 1 amide bonds. The molecule has 3 N–H and O–H groups in total. The van der Waals surface area contributed by atoms with Gasteiger partial charge in [0.05, 0.1) is 11.7 Å². The second kappa shape index (κ2) is 5.04. The molecular weight excluding hydrogens is 259 g/mol. The third-order valence-corrected chi connectivity index (χ3v) is 2.97. The van der Waals surface area contributed by atoms with Crippen LogP contribution < -0.4 is 11.1 Å². The predicted octanol–water partition coefficient (Wildman–Crippen LogP) is 1.58. The molecule has 1 aliphatic rings. The SMILES string of the molecule is CC(=O)Nc1cc(F)c(C)c2c1C(=O)C(N)C2.Cl. The zero-order valence-electron chi connectivity index (χ0n) is 10.0. The molecule has 2 rings (SSSR count). The Morgan fingerprint density at radius 2 is 2.17 bits per heavy atom. The molecule has 0 aromatic heterocycles. The third kappa shape index (κ3) is 2.23. The topological polar surface area (TPSA) is 72.2 Å². The Morgan fingerprint density at radius 1 is 1.56 bits per heavy atom. The third-order valence-electron chi connectivity index (χ3n) is 2.97. The predicted molar refractivity (Wildman–Crippen MR) is 68.7 cm³/mol.